The van der Waals surface area contributed by atoms with Gasteiger partial charge in [-0.05, 0) is 36.6 Å². The molecule has 0 saturated carbocycles. The Morgan fingerprint density at radius 3 is 2.94 bits per heavy atom. The summed E-state index contributed by atoms with van der Waals surface area (Å²) in [4.78, 5) is 2.47. The molecule has 2 rings (SSSR count). The van der Waals surface area contributed by atoms with Gasteiger partial charge in [-0.15, -0.1) is 0 Å². The third kappa shape index (κ3) is 2.57. The fraction of sp³-hybridized carbons (Fsp3) is 0.538. The Morgan fingerprint density at radius 1 is 1.56 bits per heavy atom. The number of rotatable bonds is 3. The lowest BCUT2D eigenvalue weighted by molar-refractivity contribution is 0.244. The fourth-order valence-electron chi connectivity index (χ4n) is 2.46. The number of benzene rings is 1. The highest BCUT2D eigenvalue weighted by Gasteiger charge is 2.25. The lowest BCUT2D eigenvalue weighted by Gasteiger charge is -2.27. The van der Waals surface area contributed by atoms with Crippen molar-refractivity contribution in [2.75, 3.05) is 19.6 Å². The van der Waals surface area contributed by atoms with E-state index in [2.05, 4.69) is 17.9 Å². The predicted molar refractivity (Wildman–Crippen MR) is 68.6 cm³/mol. The van der Waals surface area contributed by atoms with Gasteiger partial charge in [0.25, 0.3) is 0 Å². The molecule has 0 amide bonds. The van der Waals surface area contributed by atoms with Gasteiger partial charge in [-0.25, -0.2) is 0 Å². The van der Waals surface area contributed by atoms with E-state index in [0.717, 1.165) is 24.0 Å². The monoisotopic (exact) mass is 238 g/mol. The first-order valence-electron chi connectivity index (χ1n) is 5.90. The number of likely N-dealkylation sites (tertiary alicyclic amines) is 1. The number of hydrogen-bond donors (Lipinski definition) is 1. The largest absolute Gasteiger partial charge is 0.329 e. The van der Waals surface area contributed by atoms with Crippen LogP contribution in [0, 0.1) is 5.92 Å². The molecule has 16 heavy (non-hydrogen) atoms. The van der Waals surface area contributed by atoms with Crippen LogP contribution in [-0.2, 0) is 0 Å². The van der Waals surface area contributed by atoms with Gasteiger partial charge in [0, 0.05) is 24.2 Å². The molecule has 0 aromatic heterocycles. The highest BCUT2D eigenvalue weighted by molar-refractivity contribution is 6.30. The van der Waals surface area contributed by atoms with Gasteiger partial charge in [0.15, 0.2) is 0 Å². The number of nitrogens with zero attached hydrogens (tertiary/aromatic N) is 1. The summed E-state index contributed by atoms with van der Waals surface area (Å²) in [6, 6.07) is 8.38. The molecule has 1 heterocycles. The molecule has 3 heteroatoms. The minimum atomic E-state index is 0.323. The Hall–Kier alpha value is -0.570. The van der Waals surface area contributed by atoms with Crippen LogP contribution in [0.4, 0.5) is 0 Å². The summed E-state index contributed by atoms with van der Waals surface area (Å²) >= 11 is 6.02. The Labute approximate surface area is 102 Å². The zero-order chi connectivity index (χ0) is 11.5. The van der Waals surface area contributed by atoms with E-state index < -0.39 is 0 Å². The van der Waals surface area contributed by atoms with E-state index in [9.17, 15) is 0 Å². The summed E-state index contributed by atoms with van der Waals surface area (Å²) in [5, 5.41) is 0.795. The average Bonchev–Trinajstić information content (AvgIpc) is 2.66. The molecule has 2 unspecified atom stereocenters. The van der Waals surface area contributed by atoms with Crippen molar-refractivity contribution in [3.63, 3.8) is 0 Å². The molecule has 1 aromatic carbocycles. The Kier molecular flexibility index (Phi) is 3.85. The zero-order valence-electron chi connectivity index (χ0n) is 9.70. The van der Waals surface area contributed by atoms with Gasteiger partial charge >= 0.3 is 0 Å². The number of nitrogens with two attached hydrogens (primary N) is 1. The summed E-state index contributed by atoms with van der Waals surface area (Å²) < 4.78 is 0. The molecule has 1 aromatic rings. The third-order valence-corrected chi connectivity index (χ3v) is 3.59. The molecule has 2 atom stereocenters. The Morgan fingerprint density at radius 2 is 2.38 bits per heavy atom. The molecule has 88 valence electrons. The molecular weight excluding hydrogens is 220 g/mol. The molecule has 2 nitrogen and oxygen atoms in total. The molecule has 1 aliphatic heterocycles. The smallest absolute Gasteiger partial charge is 0.0471 e. The molecule has 0 radical (unpaired) electrons. The average molecular weight is 239 g/mol. The highest BCUT2D eigenvalue weighted by Crippen LogP contribution is 2.27. The van der Waals surface area contributed by atoms with E-state index >= 15 is 0 Å². The number of halogens is 1. The molecule has 2 N–H and O–H groups in total. The fourth-order valence-corrected chi connectivity index (χ4v) is 2.66. The molecule has 1 fully saturated rings. The molecule has 0 spiro atoms. The summed E-state index contributed by atoms with van der Waals surface area (Å²) in [6.07, 6.45) is 1.27. The van der Waals surface area contributed by atoms with Crippen molar-refractivity contribution in [3.05, 3.63) is 34.9 Å². The Bertz CT molecular complexity index is 354. The van der Waals surface area contributed by atoms with E-state index in [1.54, 1.807) is 0 Å². The van der Waals surface area contributed by atoms with Crippen molar-refractivity contribution in [1.29, 1.82) is 0 Å². The zero-order valence-corrected chi connectivity index (χ0v) is 10.5. The lowest BCUT2D eigenvalue weighted by atomic mass is 10.1. The van der Waals surface area contributed by atoms with Crippen LogP contribution in [0.25, 0.3) is 0 Å². The van der Waals surface area contributed by atoms with Crippen LogP contribution in [0.3, 0.4) is 0 Å². The second-order valence-corrected chi connectivity index (χ2v) is 5.13. The van der Waals surface area contributed by atoms with E-state index in [-0.39, 0.29) is 0 Å². The SMILES string of the molecule is CC1CCN(C(CN)c2cccc(Cl)c2)C1. The summed E-state index contributed by atoms with van der Waals surface area (Å²) in [5.41, 5.74) is 7.14. The second-order valence-electron chi connectivity index (χ2n) is 4.70. The molecule has 0 bridgehead atoms. The van der Waals surface area contributed by atoms with Crippen LogP contribution < -0.4 is 5.73 Å². The highest BCUT2D eigenvalue weighted by atomic mass is 35.5. The summed E-state index contributed by atoms with van der Waals surface area (Å²) in [6.45, 7) is 5.25. The maximum absolute atomic E-state index is 6.02. The molecular formula is C13H19ClN2. The van der Waals surface area contributed by atoms with Crippen LogP contribution in [-0.4, -0.2) is 24.5 Å². The standard InChI is InChI=1S/C13H19ClN2/c1-10-5-6-16(9-10)13(8-15)11-3-2-4-12(14)7-11/h2-4,7,10,13H,5-6,8-9,15H2,1H3. The van der Waals surface area contributed by atoms with E-state index in [0.29, 0.717) is 12.6 Å². The molecule has 1 aliphatic rings. The van der Waals surface area contributed by atoms with Crippen LogP contribution in [0.1, 0.15) is 24.9 Å². The minimum absolute atomic E-state index is 0.323. The van der Waals surface area contributed by atoms with Crippen molar-refractivity contribution in [1.82, 2.24) is 4.90 Å². The molecule has 0 aliphatic carbocycles. The third-order valence-electron chi connectivity index (χ3n) is 3.35. The molecule has 1 saturated heterocycles. The van der Waals surface area contributed by atoms with Gasteiger partial charge in [0.05, 0.1) is 0 Å². The first kappa shape index (κ1) is 11.9. The van der Waals surface area contributed by atoms with Gasteiger partial charge in [0.1, 0.15) is 0 Å². The minimum Gasteiger partial charge on any atom is -0.329 e. The predicted octanol–water partition coefficient (Wildman–Crippen LogP) is 2.68. The lowest BCUT2D eigenvalue weighted by Crippen LogP contribution is -2.31. The van der Waals surface area contributed by atoms with Crippen molar-refractivity contribution in [3.8, 4) is 0 Å². The summed E-state index contributed by atoms with van der Waals surface area (Å²) in [7, 11) is 0. The van der Waals surface area contributed by atoms with Crippen molar-refractivity contribution in [2.45, 2.75) is 19.4 Å². The van der Waals surface area contributed by atoms with E-state index in [4.69, 9.17) is 17.3 Å². The van der Waals surface area contributed by atoms with E-state index in [1.807, 2.05) is 18.2 Å². The van der Waals surface area contributed by atoms with Crippen LogP contribution in [0.15, 0.2) is 24.3 Å². The normalized spacial score (nSPS) is 23.6. The van der Waals surface area contributed by atoms with Crippen LogP contribution in [0.2, 0.25) is 5.02 Å². The van der Waals surface area contributed by atoms with E-state index in [1.165, 1.54) is 12.0 Å². The van der Waals surface area contributed by atoms with Gasteiger partial charge in [0.2, 0.25) is 0 Å². The van der Waals surface area contributed by atoms with Crippen LogP contribution in [0.5, 0.6) is 0 Å². The van der Waals surface area contributed by atoms with Crippen molar-refractivity contribution >= 4 is 11.6 Å². The Balaban J connectivity index is 2.16. The second kappa shape index (κ2) is 5.17. The van der Waals surface area contributed by atoms with Gasteiger partial charge in [-0.2, -0.15) is 0 Å². The maximum Gasteiger partial charge on any atom is 0.0471 e. The van der Waals surface area contributed by atoms with Crippen molar-refractivity contribution in [2.24, 2.45) is 11.7 Å². The quantitative estimate of drug-likeness (QED) is 0.878. The first-order chi connectivity index (χ1) is 7.70. The van der Waals surface area contributed by atoms with Gasteiger partial charge in [-0.1, -0.05) is 30.7 Å². The van der Waals surface area contributed by atoms with Crippen LogP contribution >= 0.6 is 11.6 Å². The topological polar surface area (TPSA) is 29.3 Å². The van der Waals surface area contributed by atoms with Gasteiger partial charge < -0.3 is 5.73 Å². The van der Waals surface area contributed by atoms with Gasteiger partial charge in [-0.3, -0.25) is 4.90 Å². The first-order valence-corrected chi connectivity index (χ1v) is 6.28. The van der Waals surface area contributed by atoms with Crippen molar-refractivity contribution < 1.29 is 0 Å². The summed E-state index contributed by atoms with van der Waals surface area (Å²) in [5.74, 6) is 0.785. The number of hydrogen-bond acceptors (Lipinski definition) is 2. The maximum atomic E-state index is 6.02.